The minimum Gasteiger partial charge on any atom is -0.547 e. The molecule has 0 saturated heterocycles. The monoisotopic (exact) mass is 461 g/mol. The van der Waals surface area contributed by atoms with Gasteiger partial charge in [-0.3, -0.25) is 4.99 Å². The third-order valence-corrected chi connectivity index (χ3v) is 14.6. The van der Waals surface area contributed by atoms with Crippen LogP contribution in [0.5, 0.6) is 0 Å². The number of hydrogen-bond acceptors (Lipinski definition) is 4. The van der Waals surface area contributed by atoms with Crippen molar-refractivity contribution >= 4 is 23.9 Å². The highest BCUT2D eigenvalue weighted by Gasteiger charge is 2.57. The maximum Gasteiger partial charge on any atom is 0.250 e. The quantitative estimate of drug-likeness (QED) is 0.363. The molecular formula is C25H39NO3SSi. The topological polar surface area (TPSA) is 55.7 Å². The molecule has 0 radical (unpaired) electrons. The molecule has 1 aliphatic carbocycles. The zero-order valence-electron chi connectivity index (χ0n) is 20.1. The van der Waals surface area contributed by atoms with Crippen molar-refractivity contribution in [2.24, 2.45) is 16.8 Å². The second-order valence-corrected chi connectivity index (χ2v) is 17.9. The molecule has 2 aliphatic rings. The fourth-order valence-electron chi connectivity index (χ4n) is 5.00. The molecule has 1 fully saturated rings. The fourth-order valence-corrected chi connectivity index (χ4v) is 8.53. The average molecular weight is 462 g/mol. The Hall–Kier alpha value is -1.40. The first kappa shape index (κ1) is 24.2. The Morgan fingerprint density at radius 1 is 1.26 bits per heavy atom. The number of aliphatic imine (C=N–C) groups is 1. The van der Waals surface area contributed by atoms with Gasteiger partial charge in [0.1, 0.15) is 4.75 Å². The zero-order valence-corrected chi connectivity index (χ0v) is 21.9. The van der Waals surface area contributed by atoms with Crippen LogP contribution in [-0.4, -0.2) is 33.7 Å². The van der Waals surface area contributed by atoms with Crippen molar-refractivity contribution in [3.63, 3.8) is 0 Å². The van der Waals surface area contributed by atoms with Gasteiger partial charge in [-0.15, -0.1) is 0 Å². The highest BCUT2D eigenvalue weighted by Crippen LogP contribution is 2.50. The van der Waals surface area contributed by atoms with Crippen molar-refractivity contribution in [2.45, 2.75) is 87.6 Å². The Kier molecular flexibility index (Phi) is 6.65. The van der Waals surface area contributed by atoms with Gasteiger partial charge in [-0.1, -0.05) is 52.5 Å². The number of rotatable bonds is 6. The molecule has 1 saturated carbocycles. The lowest BCUT2D eigenvalue weighted by molar-refractivity contribution is 0.254. The summed E-state index contributed by atoms with van der Waals surface area (Å²) < 4.78 is 33.8. The number of hydrogen-bond donors (Lipinski definition) is 0. The number of sulfone groups is 1. The molecule has 1 aromatic carbocycles. The van der Waals surface area contributed by atoms with Gasteiger partial charge in [0, 0.05) is 18.7 Å². The van der Waals surface area contributed by atoms with E-state index in [-0.39, 0.29) is 11.0 Å². The first-order chi connectivity index (χ1) is 14.3. The summed E-state index contributed by atoms with van der Waals surface area (Å²) in [7, 11) is -5.62. The molecule has 0 spiro atoms. The van der Waals surface area contributed by atoms with Gasteiger partial charge in [0.25, 0.3) is 0 Å². The first-order valence-corrected chi connectivity index (χ1v) is 15.9. The fraction of sp³-hybridized carbons (Fsp3) is 0.640. The minimum absolute atomic E-state index is 0.0705. The Morgan fingerprint density at radius 2 is 1.90 bits per heavy atom. The lowest BCUT2D eigenvalue weighted by atomic mass is 9.68. The summed E-state index contributed by atoms with van der Waals surface area (Å²) >= 11 is 0. The van der Waals surface area contributed by atoms with Gasteiger partial charge in [0.05, 0.1) is 10.7 Å². The maximum absolute atomic E-state index is 14.1. The molecule has 31 heavy (non-hydrogen) atoms. The van der Waals surface area contributed by atoms with Crippen molar-refractivity contribution in [3.05, 3.63) is 42.7 Å². The van der Waals surface area contributed by atoms with Crippen molar-refractivity contribution in [3.8, 4) is 0 Å². The number of benzene rings is 1. The Morgan fingerprint density at radius 3 is 2.52 bits per heavy atom. The molecular weight excluding hydrogens is 422 g/mol. The summed E-state index contributed by atoms with van der Waals surface area (Å²) in [5.74, 6) is 1.07. The number of fused-ring (bicyclic) bond motifs is 1. The lowest BCUT2D eigenvalue weighted by Crippen LogP contribution is -2.57. The van der Waals surface area contributed by atoms with Gasteiger partial charge in [0.15, 0.2) is 9.84 Å². The second kappa shape index (κ2) is 8.51. The first-order valence-electron chi connectivity index (χ1n) is 11.5. The molecule has 3 rings (SSSR count). The number of nitrogens with zero attached hydrogens (tertiary/aromatic N) is 1. The summed E-state index contributed by atoms with van der Waals surface area (Å²) in [6.45, 7) is 18.3. The molecule has 0 bridgehead atoms. The predicted molar refractivity (Wildman–Crippen MR) is 132 cm³/mol. The van der Waals surface area contributed by atoms with Crippen molar-refractivity contribution in [2.75, 3.05) is 6.54 Å². The third kappa shape index (κ3) is 4.43. The molecule has 1 heterocycles. The summed E-state index contributed by atoms with van der Waals surface area (Å²) in [4.78, 5) is 5.22. The molecule has 1 aromatic rings. The third-order valence-electron chi connectivity index (χ3n) is 7.60. The van der Waals surface area contributed by atoms with Gasteiger partial charge < -0.3 is 4.43 Å². The molecule has 0 aromatic heterocycles. The van der Waals surface area contributed by atoms with Crippen molar-refractivity contribution in [1.82, 2.24) is 0 Å². The maximum atomic E-state index is 14.1. The summed E-state index contributed by atoms with van der Waals surface area (Å²) in [6.07, 6.45) is 3.62. The highest BCUT2D eigenvalue weighted by atomic mass is 32.2. The van der Waals surface area contributed by atoms with Crippen LogP contribution in [0.25, 0.3) is 0 Å². The van der Waals surface area contributed by atoms with Crippen LogP contribution in [0.1, 0.15) is 59.8 Å². The van der Waals surface area contributed by atoms with Crippen LogP contribution in [0.4, 0.5) is 0 Å². The van der Waals surface area contributed by atoms with Crippen molar-refractivity contribution < 1.29 is 12.8 Å². The van der Waals surface area contributed by atoms with Gasteiger partial charge in [-0.05, 0) is 67.8 Å². The highest BCUT2D eigenvalue weighted by molar-refractivity contribution is 7.93. The Balaban J connectivity index is 2.02. The molecule has 0 N–H and O–H groups in total. The standard InChI is InChI=1S/C25H39NO3SSi/c1-19-16-21(18-20(2)29-31(6,7)24(3,4)5)25(14-11-15-26-23(25)17-19)30(27,28)22-12-9-8-10-13-22/h8-10,12-13,19,21H,2,11,14-18H2,1,3-7H3/t19-,21+,25+/m1/s1. The summed E-state index contributed by atoms with van der Waals surface area (Å²) in [5.41, 5.74) is 0.881. The van der Waals surface area contributed by atoms with Crippen LogP contribution in [-0.2, 0) is 14.3 Å². The molecule has 1 aliphatic heterocycles. The molecule has 172 valence electrons. The Bertz CT molecular complexity index is 947. The molecule has 3 atom stereocenters. The zero-order chi connectivity index (χ0) is 23.1. The van der Waals surface area contributed by atoms with E-state index in [2.05, 4.69) is 47.4 Å². The van der Waals surface area contributed by atoms with E-state index in [1.807, 2.05) is 18.2 Å². The van der Waals surface area contributed by atoms with Crippen molar-refractivity contribution in [1.29, 1.82) is 0 Å². The SMILES string of the molecule is C=C(C[C@@H]1C[C@@H](C)CC2=NCCC[C@@]21S(=O)(=O)c1ccccc1)O[Si](C)(C)C(C)(C)C. The van der Waals surface area contributed by atoms with E-state index in [1.54, 1.807) is 12.1 Å². The molecule has 6 heteroatoms. The predicted octanol–water partition coefficient (Wildman–Crippen LogP) is 6.41. The molecule has 0 amide bonds. The largest absolute Gasteiger partial charge is 0.547 e. The van der Waals surface area contributed by atoms with E-state index in [9.17, 15) is 8.42 Å². The number of allylic oxidation sites excluding steroid dienone is 1. The Labute approximate surface area is 190 Å². The van der Waals surface area contributed by atoms with Gasteiger partial charge in [0.2, 0.25) is 8.32 Å². The van der Waals surface area contributed by atoms with Crippen LogP contribution in [0.3, 0.4) is 0 Å². The molecule has 0 unspecified atom stereocenters. The van der Waals surface area contributed by atoms with Crippen LogP contribution in [0.2, 0.25) is 18.1 Å². The van der Waals surface area contributed by atoms with E-state index in [1.165, 1.54) is 0 Å². The second-order valence-electron chi connectivity index (χ2n) is 11.0. The van der Waals surface area contributed by atoms with Crippen LogP contribution < -0.4 is 0 Å². The summed E-state index contributed by atoms with van der Waals surface area (Å²) in [6, 6.07) is 8.94. The average Bonchev–Trinajstić information content (AvgIpc) is 2.67. The van der Waals surface area contributed by atoms with Crippen LogP contribution in [0.15, 0.2) is 52.6 Å². The lowest BCUT2D eigenvalue weighted by Gasteiger charge is -2.48. The van der Waals surface area contributed by atoms with Crippen LogP contribution >= 0.6 is 0 Å². The van der Waals surface area contributed by atoms with E-state index < -0.39 is 22.9 Å². The van der Waals surface area contributed by atoms with E-state index in [0.29, 0.717) is 23.7 Å². The van der Waals surface area contributed by atoms with E-state index in [0.717, 1.165) is 37.3 Å². The summed E-state index contributed by atoms with van der Waals surface area (Å²) in [5, 5.41) is 0.0705. The van der Waals surface area contributed by atoms with Crippen LogP contribution in [0, 0.1) is 11.8 Å². The molecule has 4 nitrogen and oxygen atoms in total. The normalized spacial score (nSPS) is 27.2. The smallest absolute Gasteiger partial charge is 0.250 e. The van der Waals surface area contributed by atoms with E-state index in [4.69, 9.17) is 9.42 Å². The minimum atomic E-state index is -3.59. The van der Waals surface area contributed by atoms with Gasteiger partial charge >= 0.3 is 0 Å². The van der Waals surface area contributed by atoms with Gasteiger partial charge in [-0.2, -0.15) is 0 Å². The van der Waals surface area contributed by atoms with Gasteiger partial charge in [-0.25, -0.2) is 8.42 Å². The van der Waals surface area contributed by atoms with E-state index >= 15 is 0 Å².